The average molecular weight is 259 g/mol. The minimum Gasteiger partial charge on any atom is -0.337 e. The summed E-state index contributed by atoms with van der Waals surface area (Å²) in [6, 6.07) is 18.3. The largest absolute Gasteiger partial charge is 0.337 e. The molecule has 4 rings (SSSR count). The van der Waals surface area contributed by atoms with Crippen LogP contribution in [0.25, 0.3) is 17.0 Å². The zero-order valence-electron chi connectivity index (χ0n) is 11.9. The van der Waals surface area contributed by atoms with Gasteiger partial charge in [0.25, 0.3) is 0 Å². The Kier molecular flexibility index (Phi) is 2.29. The molecule has 0 fully saturated rings. The quantitative estimate of drug-likeness (QED) is 0.644. The molecule has 1 atom stereocenters. The summed E-state index contributed by atoms with van der Waals surface area (Å²) >= 11 is 0. The predicted molar refractivity (Wildman–Crippen MR) is 84.2 cm³/mol. The van der Waals surface area contributed by atoms with Crippen molar-refractivity contribution in [2.45, 2.75) is 0 Å². The highest BCUT2D eigenvalue weighted by molar-refractivity contribution is 5.85. The molecule has 0 radical (unpaired) electrons. The fraction of sp³-hybridized carbons (Fsp3) is 0.0556. The topological polar surface area (TPSA) is 16.1 Å². The smallest absolute Gasteiger partial charge is 0.0722 e. The molecule has 1 aliphatic heterocycles. The number of aromatic nitrogens is 1. The van der Waals surface area contributed by atoms with Crippen molar-refractivity contribution in [2.24, 2.45) is 0 Å². The van der Waals surface area contributed by atoms with Gasteiger partial charge in [0, 0.05) is 29.5 Å². The monoisotopic (exact) mass is 259 g/mol. The fourth-order valence-corrected chi connectivity index (χ4v) is 2.59. The van der Waals surface area contributed by atoms with Crippen molar-refractivity contribution in [1.82, 2.24) is 4.98 Å². The van der Waals surface area contributed by atoms with Gasteiger partial charge in [0.2, 0.25) is 0 Å². The van der Waals surface area contributed by atoms with Gasteiger partial charge in [-0.05, 0) is 29.8 Å². The van der Waals surface area contributed by atoms with E-state index in [0.29, 0.717) is 0 Å². The van der Waals surface area contributed by atoms with E-state index in [1.165, 1.54) is 0 Å². The van der Waals surface area contributed by atoms with Crippen LogP contribution in [0.1, 0.15) is 6.93 Å². The summed E-state index contributed by atoms with van der Waals surface area (Å²) in [5, 5.41) is 1.11. The highest BCUT2D eigenvalue weighted by atomic mass is 15.1. The average Bonchev–Trinajstić information content (AvgIpc) is 2.54. The molecule has 2 heteroatoms. The Balaban J connectivity index is 1.89. The molecule has 0 amide bonds. The summed E-state index contributed by atoms with van der Waals surface area (Å²) in [4.78, 5) is 6.44. The first-order valence-electron chi connectivity index (χ1n) is 7.24. The Hall–Kier alpha value is -2.61. The Morgan fingerprint density at radius 2 is 2.00 bits per heavy atom. The maximum atomic E-state index is 8.32. The van der Waals surface area contributed by atoms with Crippen molar-refractivity contribution in [1.29, 1.82) is 0 Å². The van der Waals surface area contributed by atoms with Gasteiger partial charge in [-0.15, -0.1) is 0 Å². The van der Waals surface area contributed by atoms with Gasteiger partial charge in [0.1, 0.15) is 0 Å². The van der Waals surface area contributed by atoms with E-state index in [1.54, 1.807) is 6.20 Å². The molecule has 20 heavy (non-hydrogen) atoms. The van der Waals surface area contributed by atoms with Crippen LogP contribution >= 0.6 is 0 Å². The summed E-state index contributed by atoms with van der Waals surface area (Å²) < 4.78 is 8.32. The van der Waals surface area contributed by atoms with E-state index in [1.807, 2.05) is 47.4 Å². The van der Waals surface area contributed by atoms with E-state index in [0.717, 1.165) is 27.8 Å². The van der Waals surface area contributed by atoms with Crippen LogP contribution < -0.4 is 4.90 Å². The van der Waals surface area contributed by atoms with Crippen molar-refractivity contribution in [3.63, 3.8) is 0 Å². The number of para-hydroxylation sites is 1. The second-order valence-electron chi connectivity index (χ2n) is 4.82. The van der Waals surface area contributed by atoms with E-state index in [4.69, 9.17) is 1.37 Å². The summed E-state index contributed by atoms with van der Waals surface area (Å²) in [5.74, 6) is 0. The number of fused-ring (bicyclic) bond motifs is 2. The van der Waals surface area contributed by atoms with Crippen LogP contribution in [0.2, 0.25) is 0 Å². The van der Waals surface area contributed by atoms with E-state index in [9.17, 15) is 0 Å². The van der Waals surface area contributed by atoms with Crippen LogP contribution in [0, 0.1) is 0 Å². The van der Waals surface area contributed by atoms with Gasteiger partial charge in [-0.25, -0.2) is 0 Å². The number of hydrogen-bond donors (Lipinski definition) is 0. The number of benzene rings is 2. The molecule has 0 bridgehead atoms. The zero-order chi connectivity index (χ0) is 14.2. The molecule has 1 unspecified atom stereocenters. The summed E-state index contributed by atoms with van der Waals surface area (Å²) in [6.07, 6.45) is 5.72. The Morgan fingerprint density at radius 1 is 1.05 bits per heavy atom. The fourth-order valence-electron chi connectivity index (χ4n) is 2.59. The van der Waals surface area contributed by atoms with Gasteiger partial charge in [-0.3, -0.25) is 4.98 Å². The van der Waals surface area contributed by atoms with Crippen LogP contribution in [-0.4, -0.2) is 11.5 Å². The van der Waals surface area contributed by atoms with Crippen molar-refractivity contribution >= 4 is 28.4 Å². The maximum Gasteiger partial charge on any atom is 0.0722 e. The lowest BCUT2D eigenvalue weighted by molar-refractivity contribution is 1.08. The van der Waals surface area contributed by atoms with Crippen LogP contribution in [0.15, 0.2) is 66.9 Å². The third-order valence-electron chi connectivity index (χ3n) is 3.57. The minimum absolute atomic E-state index is 0.416. The van der Waals surface area contributed by atoms with Gasteiger partial charge >= 0.3 is 0 Å². The molecule has 2 heterocycles. The number of rotatable bonds is 1. The Morgan fingerprint density at radius 3 is 3.00 bits per heavy atom. The molecule has 3 aromatic rings. The van der Waals surface area contributed by atoms with E-state index < -0.39 is 6.52 Å². The number of anilines is 2. The SMILES string of the molecule is [2H]C1C=Cc2ccccc2N1c1ccc2cccnc2c1. The van der Waals surface area contributed by atoms with Gasteiger partial charge in [-0.2, -0.15) is 0 Å². The third-order valence-corrected chi connectivity index (χ3v) is 3.57. The normalized spacial score (nSPS) is 17.9. The lowest BCUT2D eigenvalue weighted by Crippen LogP contribution is -2.20. The van der Waals surface area contributed by atoms with Crippen LogP contribution in [0.5, 0.6) is 0 Å². The van der Waals surface area contributed by atoms with Crippen molar-refractivity contribution in [3.8, 4) is 0 Å². The molecular formula is C18H14N2. The molecule has 0 saturated heterocycles. The maximum absolute atomic E-state index is 8.32. The van der Waals surface area contributed by atoms with Crippen LogP contribution in [-0.2, 0) is 0 Å². The lowest BCUT2D eigenvalue weighted by Gasteiger charge is -2.28. The van der Waals surface area contributed by atoms with Gasteiger partial charge < -0.3 is 4.90 Å². The van der Waals surface area contributed by atoms with E-state index in [2.05, 4.69) is 29.2 Å². The van der Waals surface area contributed by atoms with E-state index >= 15 is 0 Å². The highest BCUT2D eigenvalue weighted by Gasteiger charge is 2.14. The summed E-state index contributed by atoms with van der Waals surface area (Å²) in [7, 11) is 0. The Bertz CT molecular complexity index is 841. The number of pyridine rings is 1. The number of nitrogens with zero attached hydrogens (tertiary/aromatic N) is 2. The molecule has 2 nitrogen and oxygen atoms in total. The van der Waals surface area contributed by atoms with Crippen molar-refractivity contribution in [3.05, 3.63) is 72.4 Å². The standard InChI is InChI=1S/C18H14N2/c1-2-8-18-15(5-1)7-4-12-20(18)16-10-9-14-6-3-11-19-17(14)13-16/h1-11,13H,12H2/i12D. The summed E-state index contributed by atoms with van der Waals surface area (Å²) in [5.41, 5.74) is 4.16. The second-order valence-corrected chi connectivity index (χ2v) is 4.82. The minimum atomic E-state index is -0.416. The summed E-state index contributed by atoms with van der Waals surface area (Å²) in [6.45, 7) is -0.416. The van der Waals surface area contributed by atoms with Gasteiger partial charge in [0.05, 0.1) is 6.89 Å². The van der Waals surface area contributed by atoms with Crippen molar-refractivity contribution in [2.75, 3.05) is 11.4 Å². The molecule has 0 N–H and O–H groups in total. The first-order chi connectivity index (χ1) is 10.3. The lowest BCUT2D eigenvalue weighted by atomic mass is 10.1. The second kappa shape index (κ2) is 4.49. The molecule has 1 aliphatic rings. The molecular weight excluding hydrogens is 244 g/mol. The first kappa shape index (κ1) is 10.2. The van der Waals surface area contributed by atoms with Crippen LogP contribution in [0.3, 0.4) is 0 Å². The predicted octanol–water partition coefficient (Wildman–Crippen LogP) is 4.40. The highest BCUT2D eigenvalue weighted by Crippen LogP contribution is 2.33. The molecule has 1 aromatic heterocycles. The van der Waals surface area contributed by atoms with Crippen LogP contribution in [0.4, 0.5) is 11.4 Å². The molecule has 2 aromatic carbocycles. The zero-order valence-corrected chi connectivity index (χ0v) is 10.9. The molecule has 96 valence electrons. The first-order valence-corrected chi connectivity index (χ1v) is 6.66. The number of hydrogen-bond acceptors (Lipinski definition) is 2. The van der Waals surface area contributed by atoms with E-state index in [-0.39, 0.29) is 0 Å². The van der Waals surface area contributed by atoms with Crippen molar-refractivity contribution < 1.29 is 1.37 Å². The Labute approximate surface area is 119 Å². The molecule has 0 spiro atoms. The molecule has 0 saturated carbocycles. The van der Waals surface area contributed by atoms with Gasteiger partial charge in [-0.1, -0.05) is 42.5 Å². The third kappa shape index (κ3) is 1.77. The molecule has 0 aliphatic carbocycles. The van der Waals surface area contributed by atoms with Gasteiger partial charge in [0.15, 0.2) is 0 Å².